The van der Waals surface area contributed by atoms with Gasteiger partial charge in [-0.1, -0.05) is 0 Å². The van der Waals surface area contributed by atoms with Crippen LogP contribution in [0.25, 0.3) is 0 Å². The number of methoxy groups -OCH3 is 1. The van der Waals surface area contributed by atoms with Crippen molar-refractivity contribution in [1.82, 2.24) is 10.2 Å². The Labute approximate surface area is 118 Å². The molecule has 0 spiro atoms. The lowest BCUT2D eigenvalue weighted by Gasteiger charge is -2.36. The summed E-state index contributed by atoms with van der Waals surface area (Å²) in [6.45, 7) is 5.79. The second-order valence-corrected chi connectivity index (χ2v) is 5.96. The first-order valence-electron chi connectivity index (χ1n) is 6.64. The molecule has 0 atom stereocenters. The van der Waals surface area contributed by atoms with Crippen molar-refractivity contribution in [1.29, 1.82) is 0 Å². The molecule has 6 nitrogen and oxygen atoms in total. The predicted molar refractivity (Wildman–Crippen MR) is 71.3 cm³/mol. The fourth-order valence-electron chi connectivity index (χ4n) is 1.90. The number of piperidine rings is 1. The van der Waals surface area contributed by atoms with Gasteiger partial charge in [-0.05, 0) is 20.8 Å². The Hall–Kier alpha value is -1.53. The summed E-state index contributed by atoms with van der Waals surface area (Å²) < 4.78 is 24.0. The summed E-state index contributed by atoms with van der Waals surface area (Å²) in [4.78, 5) is 24.3. The molecule has 0 aromatic carbocycles. The van der Waals surface area contributed by atoms with Crippen molar-refractivity contribution in [3.05, 3.63) is 0 Å². The number of nitrogens with zero attached hydrogens (tertiary/aromatic N) is 1. The van der Waals surface area contributed by atoms with Gasteiger partial charge in [0.05, 0.1) is 13.7 Å². The van der Waals surface area contributed by atoms with Crippen LogP contribution >= 0.6 is 0 Å². The Morgan fingerprint density at radius 2 is 1.85 bits per heavy atom. The number of alkyl carbamates (subject to hydrolysis) is 1. The van der Waals surface area contributed by atoms with Gasteiger partial charge in [-0.25, -0.2) is 14.0 Å². The van der Waals surface area contributed by atoms with Crippen LogP contribution in [0.2, 0.25) is 0 Å². The molecular formula is C13H23FN2O4. The van der Waals surface area contributed by atoms with Crippen LogP contribution in [0.5, 0.6) is 0 Å². The number of carbonyl (C=O) groups excluding carboxylic acids is 2. The number of halogens is 1. The van der Waals surface area contributed by atoms with Gasteiger partial charge in [0.1, 0.15) is 11.3 Å². The first-order valence-corrected chi connectivity index (χ1v) is 6.64. The van der Waals surface area contributed by atoms with E-state index in [0.29, 0.717) is 0 Å². The monoisotopic (exact) mass is 290 g/mol. The third-order valence-corrected chi connectivity index (χ3v) is 3.05. The van der Waals surface area contributed by atoms with Crippen LogP contribution in [0.15, 0.2) is 0 Å². The highest BCUT2D eigenvalue weighted by Gasteiger charge is 2.37. The number of rotatable bonds is 2. The van der Waals surface area contributed by atoms with Crippen LogP contribution in [0.3, 0.4) is 0 Å². The van der Waals surface area contributed by atoms with E-state index in [0.717, 1.165) is 0 Å². The molecule has 1 fully saturated rings. The Morgan fingerprint density at radius 3 is 2.30 bits per heavy atom. The molecule has 2 amide bonds. The molecule has 0 aliphatic carbocycles. The smallest absolute Gasteiger partial charge is 0.410 e. The number of likely N-dealkylation sites (tertiary alicyclic amines) is 1. The van der Waals surface area contributed by atoms with Crippen LogP contribution in [0.4, 0.5) is 14.0 Å². The van der Waals surface area contributed by atoms with E-state index in [4.69, 9.17) is 4.74 Å². The lowest BCUT2D eigenvalue weighted by Crippen LogP contribution is -2.50. The number of carbonyl (C=O) groups is 2. The minimum atomic E-state index is -1.51. The van der Waals surface area contributed by atoms with E-state index in [2.05, 4.69) is 10.1 Å². The zero-order valence-electron chi connectivity index (χ0n) is 12.5. The second kappa shape index (κ2) is 6.28. The van der Waals surface area contributed by atoms with Crippen molar-refractivity contribution in [2.24, 2.45) is 0 Å². The molecule has 0 aromatic rings. The summed E-state index contributed by atoms with van der Waals surface area (Å²) in [5.74, 6) is 0. The number of hydrogen-bond donors (Lipinski definition) is 1. The van der Waals surface area contributed by atoms with Gasteiger partial charge in [0.15, 0.2) is 0 Å². The normalized spacial score (nSPS) is 18.4. The van der Waals surface area contributed by atoms with Crippen molar-refractivity contribution >= 4 is 12.2 Å². The third-order valence-electron chi connectivity index (χ3n) is 3.05. The maximum absolute atomic E-state index is 14.4. The zero-order valence-corrected chi connectivity index (χ0v) is 12.5. The summed E-state index contributed by atoms with van der Waals surface area (Å²) >= 11 is 0. The number of ether oxygens (including phenoxy) is 2. The molecule has 1 saturated heterocycles. The van der Waals surface area contributed by atoms with Crippen LogP contribution in [-0.2, 0) is 9.47 Å². The second-order valence-electron chi connectivity index (χ2n) is 5.96. The molecule has 7 heteroatoms. The van der Waals surface area contributed by atoms with E-state index in [1.807, 2.05) is 0 Å². The van der Waals surface area contributed by atoms with Crippen LogP contribution in [0.1, 0.15) is 33.6 Å². The maximum atomic E-state index is 14.4. The summed E-state index contributed by atoms with van der Waals surface area (Å²) in [6, 6.07) is 0. The van der Waals surface area contributed by atoms with Gasteiger partial charge in [-0.3, -0.25) is 0 Å². The first kappa shape index (κ1) is 16.5. The fraction of sp³-hybridized carbons (Fsp3) is 0.846. The topological polar surface area (TPSA) is 67.9 Å². The molecule has 1 aliphatic heterocycles. The summed E-state index contributed by atoms with van der Waals surface area (Å²) in [5, 5.41) is 2.35. The molecule has 1 N–H and O–H groups in total. The Bertz CT molecular complexity index is 360. The molecule has 0 aromatic heterocycles. The Kier molecular flexibility index (Phi) is 5.19. The first-order chi connectivity index (χ1) is 9.15. The molecule has 116 valence electrons. The molecule has 1 rings (SSSR count). The van der Waals surface area contributed by atoms with Crippen molar-refractivity contribution in [3.8, 4) is 0 Å². The predicted octanol–water partition coefficient (Wildman–Crippen LogP) is 2.08. The fourth-order valence-corrected chi connectivity index (χ4v) is 1.90. The SMILES string of the molecule is COC(=O)NCC1(F)CCN(C(=O)OC(C)(C)C)CC1. The highest BCUT2D eigenvalue weighted by molar-refractivity contribution is 5.68. The number of alkyl halides is 1. The van der Waals surface area contributed by atoms with Gasteiger partial charge >= 0.3 is 12.2 Å². The van der Waals surface area contributed by atoms with E-state index < -0.39 is 23.5 Å². The highest BCUT2D eigenvalue weighted by Crippen LogP contribution is 2.26. The standard InChI is InChI=1S/C13H23FN2O4/c1-12(2,3)20-11(18)16-7-5-13(14,6-8-16)9-15-10(17)19-4/h5-9H2,1-4H3,(H,15,17). The van der Waals surface area contributed by atoms with Crippen molar-refractivity contribution < 1.29 is 23.5 Å². The van der Waals surface area contributed by atoms with Gasteiger partial charge in [0, 0.05) is 25.9 Å². The van der Waals surface area contributed by atoms with Crippen molar-refractivity contribution in [2.45, 2.75) is 44.9 Å². The molecule has 20 heavy (non-hydrogen) atoms. The molecule has 0 bridgehead atoms. The number of nitrogens with one attached hydrogen (secondary N) is 1. The van der Waals surface area contributed by atoms with Gasteiger partial charge in [-0.15, -0.1) is 0 Å². The molecule has 1 aliphatic rings. The third kappa shape index (κ3) is 5.22. The summed E-state index contributed by atoms with van der Waals surface area (Å²) in [7, 11) is 1.23. The van der Waals surface area contributed by atoms with Crippen LogP contribution in [0, 0.1) is 0 Å². The van der Waals surface area contributed by atoms with E-state index in [1.165, 1.54) is 12.0 Å². The Morgan fingerprint density at radius 1 is 1.30 bits per heavy atom. The molecule has 0 unspecified atom stereocenters. The van der Waals surface area contributed by atoms with Crippen molar-refractivity contribution in [3.63, 3.8) is 0 Å². The lowest BCUT2D eigenvalue weighted by atomic mass is 9.93. The zero-order chi connectivity index (χ0) is 15.4. The van der Waals surface area contributed by atoms with Gasteiger partial charge in [-0.2, -0.15) is 0 Å². The minimum Gasteiger partial charge on any atom is -0.453 e. The van der Waals surface area contributed by atoms with E-state index in [-0.39, 0.29) is 32.5 Å². The molecular weight excluding hydrogens is 267 g/mol. The van der Waals surface area contributed by atoms with Gasteiger partial charge in [0.25, 0.3) is 0 Å². The molecule has 0 saturated carbocycles. The van der Waals surface area contributed by atoms with E-state index >= 15 is 0 Å². The molecule has 1 heterocycles. The number of amides is 2. The van der Waals surface area contributed by atoms with Gasteiger partial charge in [0.2, 0.25) is 0 Å². The van der Waals surface area contributed by atoms with E-state index in [9.17, 15) is 14.0 Å². The van der Waals surface area contributed by atoms with E-state index in [1.54, 1.807) is 20.8 Å². The average molecular weight is 290 g/mol. The summed E-state index contributed by atoms with van der Waals surface area (Å²) in [5.41, 5.74) is -2.07. The maximum Gasteiger partial charge on any atom is 0.410 e. The quantitative estimate of drug-likeness (QED) is 0.845. The number of hydrogen-bond acceptors (Lipinski definition) is 4. The average Bonchev–Trinajstić information content (AvgIpc) is 2.34. The van der Waals surface area contributed by atoms with Crippen LogP contribution < -0.4 is 5.32 Å². The van der Waals surface area contributed by atoms with Crippen molar-refractivity contribution in [2.75, 3.05) is 26.7 Å². The highest BCUT2D eigenvalue weighted by atomic mass is 19.1. The summed E-state index contributed by atoms with van der Waals surface area (Å²) in [6.07, 6.45) is -0.760. The molecule has 0 radical (unpaired) electrons. The largest absolute Gasteiger partial charge is 0.453 e. The minimum absolute atomic E-state index is 0.109. The Balaban J connectivity index is 2.42. The van der Waals surface area contributed by atoms with Crippen LogP contribution in [-0.4, -0.2) is 55.1 Å². The van der Waals surface area contributed by atoms with Gasteiger partial charge < -0.3 is 19.7 Å². The lowest BCUT2D eigenvalue weighted by molar-refractivity contribution is 0.00338.